The molecule has 22 heavy (non-hydrogen) atoms. The Hall–Kier alpha value is -1.54. The van der Waals surface area contributed by atoms with E-state index in [1.54, 1.807) is 31.2 Å². The summed E-state index contributed by atoms with van der Waals surface area (Å²) in [6, 6.07) is 12.3. The fourth-order valence-electron chi connectivity index (χ4n) is 1.74. The maximum absolute atomic E-state index is 11.6. The number of carbonyl (C=O) groups excluding carboxylic acids is 1. The molecule has 4 nitrogen and oxygen atoms in total. The standard InChI is InChI=1S/C16H13IO4S/c1-2-21-16(20)10-3-5-11(6-4-10)22-12-7-8-14(17)13(9-12)15(18)19/h3-9H,2H2,1H3,(H,18,19). The topological polar surface area (TPSA) is 63.6 Å². The highest BCUT2D eigenvalue weighted by atomic mass is 127. The average molecular weight is 428 g/mol. The Labute approximate surface area is 146 Å². The van der Waals surface area contributed by atoms with E-state index < -0.39 is 5.97 Å². The summed E-state index contributed by atoms with van der Waals surface area (Å²) in [5.41, 5.74) is 0.786. The first kappa shape index (κ1) is 16.8. The fourth-order valence-corrected chi connectivity index (χ4v) is 3.16. The number of hydrogen-bond donors (Lipinski definition) is 1. The van der Waals surface area contributed by atoms with Crippen LogP contribution in [0, 0.1) is 3.57 Å². The Morgan fingerprint density at radius 2 is 1.77 bits per heavy atom. The van der Waals surface area contributed by atoms with E-state index in [-0.39, 0.29) is 11.5 Å². The molecule has 114 valence electrons. The smallest absolute Gasteiger partial charge is 0.338 e. The fraction of sp³-hybridized carbons (Fsp3) is 0.125. The molecule has 6 heteroatoms. The third-order valence-electron chi connectivity index (χ3n) is 2.77. The molecule has 0 amide bonds. The second-order valence-electron chi connectivity index (χ2n) is 4.29. The number of esters is 1. The van der Waals surface area contributed by atoms with E-state index in [0.717, 1.165) is 9.79 Å². The molecule has 0 bridgehead atoms. The van der Waals surface area contributed by atoms with Crippen molar-refractivity contribution in [2.45, 2.75) is 16.7 Å². The zero-order valence-corrected chi connectivity index (χ0v) is 14.7. The van der Waals surface area contributed by atoms with E-state index in [0.29, 0.717) is 15.7 Å². The maximum Gasteiger partial charge on any atom is 0.338 e. The number of benzene rings is 2. The van der Waals surface area contributed by atoms with E-state index in [9.17, 15) is 9.59 Å². The highest BCUT2D eigenvalue weighted by Gasteiger charge is 2.10. The van der Waals surface area contributed by atoms with Gasteiger partial charge in [-0.3, -0.25) is 0 Å². The second kappa shape index (κ2) is 7.64. The first-order valence-electron chi connectivity index (χ1n) is 6.49. The van der Waals surface area contributed by atoms with Crippen molar-refractivity contribution in [2.75, 3.05) is 6.61 Å². The van der Waals surface area contributed by atoms with E-state index in [4.69, 9.17) is 9.84 Å². The summed E-state index contributed by atoms with van der Waals surface area (Å²) < 4.78 is 5.63. The van der Waals surface area contributed by atoms with Crippen LogP contribution >= 0.6 is 34.4 Å². The van der Waals surface area contributed by atoms with Gasteiger partial charge in [0.1, 0.15) is 0 Å². The molecule has 0 heterocycles. The van der Waals surface area contributed by atoms with Crippen LogP contribution in [0.4, 0.5) is 0 Å². The lowest BCUT2D eigenvalue weighted by Crippen LogP contribution is -2.03. The summed E-state index contributed by atoms with van der Waals surface area (Å²) in [5, 5.41) is 9.14. The van der Waals surface area contributed by atoms with Crippen LogP contribution in [0.1, 0.15) is 27.6 Å². The molecule has 0 atom stereocenters. The van der Waals surface area contributed by atoms with Crippen LogP contribution in [0.5, 0.6) is 0 Å². The molecule has 0 aliphatic heterocycles. The van der Waals surface area contributed by atoms with Crippen molar-refractivity contribution in [3.63, 3.8) is 0 Å². The third-order valence-corrected chi connectivity index (χ3v) is 4.71. The molecular weight excluding hydrogens is 415 g/mol. The average Bonchev–Trinajstić information content (AvgIpc) is 2.50. The van der Waals surface area contributed by atoms with Gasteiger partial charge in [-0.2, -0.15) is 0 Å². The molecule has 0 unspecified atom stereocenters. The number of carbonyl (C=O) groups is 2. The lowest BCUT2D eigenvalue weighted by molar-refractivity contribution is 0.0525. The molecule has 2 aromatic rings. The molecule has 0 saturated carbocycles. The summed E-state index contributed by atoms with van der Waals surface area (Å²) in [4.78, 5) is 24.5. The monoisotopic (exact) mass is 428 g/mol. The number of rotatable bonds is 5. The van der Waals surface area contributed by atoms with E-state index in [2.05, 4.69) is 0 Å². The zero-order valence-electron chi connectivity index (χ0n) is 11.7. The molecule has 2 rings (SSSR count). The van der Waals surface area contributed by atoms with Gasteiger partial charge < -0.3 is 9.84 Å². The van der Waals surface area contributed by atoms with Gasteiger partial charge in [0.05, 0.1) is 17.7 Å². The van der Waals surface area contributed by atoms with E-state index in [1.807, 2.05) is 40.8 Å². The maximum atomic E-state index is 11.6. The molecule has 2 aromatic carbocycles. The van der Waals surface area contributed by atoms with Crippen LogP contribution < -0.4 is 0 Å². The summed E-state index contributed by atoms with van der Waals surface area (Å²) in [6.45, 7) is 2.11. The normalized spacial score (nSPS) is 10.3. The van der Waals surface area contributed by atoms with Gasteiger partial charge in [0.25, 0.3) is 0 Å². The molecule has 0 radical (unpaired) electrons. The van der Waals surface area contributed by atoms with Crippen LogP contribution in [0.15, 0.2) is 52.3 Å². The SMILES string of the molecule is CCOC(=O)c1ccc(Sc2ccc(I)c(C(=O)O)c2)cc1. The van der Waals surface area contributed by atoms with Crippen molar-refractivity contribution in [2.24, 2.45) is 0 Å². The van der Waals surface area contributed by atoms with Gasteiger partial charge in [0.2, 0.25) is 0 Å². The Morgan fingerprint density at radius 1 is 1.14 bits per heavy atom. The quantitative estimate of drug-likeness (QED) is 0.568. The molecule has 0 aliphatic carbocycles. The van der Waals surface area contributed by atoms with Crippen LogP contribution in [-0.2, 0) is 4.74 Å². The molecule has 1 N–H and O–H groups in total. The van der Waals surface area contributed by atoms with E-state index >= 15 is 0 Å². The summed E-state index contributed by atoms with van der Waals surface area (Å²) >= 11 is 3.44. The minimum absolute atomic E-state index is 0.286. The summed E-state index contributed by atoms with van der Waals surface area (Å²) in [5.74, 6) is -1.29. The minimum atomic E-state index is -0.940. The third kappa shape index (κ3) is 4.23. The molecule has 0 spiro atoms. The van der Waals surface area contributed by atoms with Crippen molar-refractivity contribution < 1.29 is 19.4 Å². The van der Waals surface area contributed by atoms with Crippen LogP contribution in [-0.4, -0.2) is 23.7 Å². The summed E-state index contributed by atoms with van der Waals surface area (Å²) in [6.07, 6.45) is 0. The van der Waals surface area contributed by atoms with E-state index in [1.165, 1.54) is 11.8 Å². The van der Waals surface area contributed by atoms with Crippen LogP contribution in [0.3, 0.4) is 0 Å². The number of carboxylic acid groups (broad SMARTS) is 1. The highest BCUT2D eigenvalue weighted by molar-refractivity contribution is 14.1. The van der Waals surface area contributed by atoms with Gasteiger partial charge in [0.15, 0.2) is 0 Å². The van der Waals surface area contributed by atoms with Crippen LogP contribution in [0.25, 0.3) is 0 Å². The van der Waals surface area contributed by atoms with Gasteiger partial charge in [0, 0.05) is 13.4 Å². The number of halogens is 1. The molecule has 0 aromatic heterocycles. The number of aromatic carboxylic acids is 1. The van der Waals surface area contributed by atoms with Gasteiger partial charge >= 0.3 is 11.9 Å². The number of ether oxygens (including phenoxy) is 1. The Morgan fingerprint density at radius 3 is 2.36 bits per heavy atom. The Bertz CT molecular complexity index is 698. The number of carboxylic acids is 1. The second-order valence-corrected chi connectivity index (χ2v) is 6.60. The highest BCUT2D eigenvalue weighted by Crippen LogP contribution is 2.30. The molecular formula is C16H13IO4S. The Balaban J connectivity index is 2.16. The van der Waals surface area contributed by atoms with Gasteiger partial charge in [-0.15, -0.1) is 0 Å². The van der Waals surface area contributed by atoms with Gasteiger partial charge in [-0.25, -0.2) is 9.59 Å². The van der Waals surface area contributed by atoms with Gasteiger partial charge in [-0.1, -0.05) is 11.8 Å². The van der Waals surface area contributed by atoms with Crippen molar-refractivity contribution in [3.05, 3.63) is 57.2 Å². The lowest BCUT2D eigenvalue weighted by Gasteiger charge is -2.06. The Kier molecular flexibility index (Phi) is 5.84. The van der Waals surface area contributed by atoms with Crippen molar-refractivity contribution >= 4 is 46.3 Å². The first-order valence-corrected chi connectivity index (χ1v) is 8.38. The van der Waals surface area contributed by atoms with Crippen molar-refractivity contribution in [1.82, 2.24) is 0 Å². The van der Waals surface area contributed by atoms with Crippen molar-refractivity contribution in [1.29, 1.82) is 0 Å². The predicted molar refractivity (Wildman–Crippen MR) is 92.6 cm³/mol. The molecule has 0 fully saturated rings. The molecule has 0 saturated heterocycles. The van der Waals surface area contributed by atoms with Crippen LogP contribution in [0.2, 0.25) is 0 Å². The minimum Gasteiger partial charge on any atom is -0.478 e. The largest absolute Gasteiger partial charge is 0.478 e. The molecule has 0 aliphatic rings. The lowest BCUT2D eigenvalue weighted by atomic mass is 10.2. The van der Waals surface area contributed by atoms with Gasteiger partial charge in [-0.05, 0) is 72.0 Å². The predicted octanol–water partition coefficient (Wildman–Crippen LogP) is 4.32. The number of hydrogen-bond acceptors (Lipinski definition) is 4. The summed E-state index contributed by atoms with van der Waals surface area (Å²) in [7, 11) is 0. The zero-order chi connectivity index (χ0) is 16.1. The van der Waals surface area contributed by atoms with Crippen molar-refractivity contribution in [3.8, 4) is 0 Å². The first-order chi connectivity index (χ1) is 10.5.